The van der Waals surface area contributed by atoms with Gasteiger partial charge in [0.15, 0.2) is 5.82 Å². The Morgan fingerprint density at radius 3 is 2.77 bits per heavy atom. The molecule has 0 saturated heterocycles. The largest absolute Gasteiger partial charge is 0.338 e. The van der Waals surface area contributed by atoms with E-state index in [2.05, 4.69) is 45.5 Å². The number of halogens is 2. The standard InChI is InChI=1S/C22H30ClFN6/c1-3-9-25-10-5-12-29(11-4-2)15-17-8-13-30-21(17)22(26-16-27-30)28-18-6-7-20(24)19(23)14-18/h6-8,13-14,16,25H,3-5,9-12,15H2,1-2H3,(H,26,27,28). The first kappa shape index (κ1) is 22.5. The van der Waals surface area contributed by atoms with E-state index in [0.717, 1.165) is 63.1 Å². The summed E-state index contributed by atoms with van der Waals surface area (Å²) in [7, 11) is 0. The lowest BCUT2D eigenvalue weighted by atomic mass is 10.2. The maximum absolute atomic E-state index is 13.5. The van der Waals surface area contributed by atoms with Crippen LogP contribution in [0.2, 0.25) is 5.02 Å². The lowest BCUT2D eigenvalue weighted by Gasteiger charge is -2.22. The van der Waals surface area contributed by atoms with E-state index in [1.165, 1.54) is 12.4 Å². The summed E-state index contributed by atoms with van der Waals surface area (Å²) in [6, 6.07) is 6.64. The third-order valence-electron chi connectivity index (χ3n) is 4.91. The Hall–Kier alpha value is -2.22. The van der Waals surface area contributed by atoms with Gasteiger partial charge in [-0.1, -0.05) is 25.4 Å². The van der Waals surface area contributed by atoms with Gasteiger partial charge in [-0.3, -0.25) is 4.90 Å². The highest BCUT2D eigenvalue weighted by molar-refractivity contribution is 6.31. The number of anilines is 2. The molecule has 0 unspecified atom stereocenters. The predicted octanol–water partition coefficient (Wildman–Crippen LogP) is 4.87. The van der Waals surface area contributed by atoms with Crippen molar-refractivity contribution in [2.75, 3.05) is 31.5 Å². The molecule has 6 nitrogen and oxygen atoms in total. The summed E-state index contributed by atoms with van der Waals surface area (Å²) >= 11 is 5.93. The van der Waals surface area contributed by atoms with E-state index in [9.17, 15) is 4.39 Å². The summed E-state index contributed by atoms with van der Waals surface area (Å²) in [4.78, 5) is 6.89. The van der Waals surface area contributed by atoms with Crippen molar-refractivity contribution in [2.45, 2.75) is 39.7 Å². The molecule has 2 aromatic heterocycles. The van der Waals surface area contributed by atoms with Crippen molar-refractivity contribution in [2.24, 2.45) is 0 Å². The summed E-state index contributed by atoms with van der Waals surface area (Å²) in [6.07, 6.45) is 6.82. The maximum atomic E-state index is 13.5. The fraction of sp³-hybridized carbons (Fsp3) is 0.455. The predicted molar refractivity (Wildman–Crippen MR) is 121 cm³/mol. The van der Waals surface area contributed by atoms with Crippen molar-refractivity contribution in [3.8, 4) is 0 Å². The van der Waals surface area contributed by atoms with E-state index in [-0.39, 0.29) is 5.02 Å². The van der Waals surface area contributed by atoms with Crippen LogP contribution in [0.25, 0.3) is 5.52 Å². The van der Waals surface area contributed by atoms with Gasteiger partial charge in [0.1, 0.15) is 17.7 Å². The van der Waals surface area contributed by atoms with Crippen LogP contribution in [0, 0.1) is 5.82 Å². The van der Waals surface area contributed by atoms with Gasteiger partial charge in [0, 0.05) is 18.4 Å². The molecule has 0 fully saturated rings. The quantitative estimate of drug-likeness (QED) is 0.400. The normalized spacial score (nSPS) is 11.5. The number of nitrogens with zero attached hydrogens (tertiary/aromatic N) is 4. The molecule has 3 aromatic rings. The van der Waals surface area contributed by atoms with Gasteiger partial charge in [-0.2, -0.15) is 5.10 Å². The number of hydrogen-bond donors (Lipinski definition) is 2. The molecule has 0 aliphatic carbocycles. The monoisotopic (exact) mass is 432 g/mol. The van der Waals surface area contributed by atoms with Crippen molar-refractivity contribution < 1.29 is 4.39 Å². The second-order valence-corrected chi connectivity index (χ2v) is 7.78. The van der Waals surface area contributed by atoms with Gasteiger partial charge in [-0.15, -0.1) is 0 Å². The number of benzene rings is 1. The van der Waals surface area contributed by atoms with Gasteiger partial charge in [0.25, 0.3) is 0 Å². The Kier molecular flexibility index (Phi) is 8.42. The Morgan fingerprint density at radius 1 is 1.13 bits per heavy atom. The van der Waals surface area contributed by atoms with Crippen LogP contribution in [0.1, 0.15) is 38.7 Å². The van der Waals surface area contributed by atoms with Crippen LogP contribution in [0.4, 0.5) is 15.9 Å². The van der Waals surface area contributed by atoms with Crippen LogP contribution in [0.5, 0.6) is 0 Å². The summed E-state index contributed by atoms with van der Waals surface area (Å²) in [5.41, 5.74) is 2.76. The van der Waals surface area contributed by atoms with Crippen LogP contribution in [0.15, 0.2) is 36.8 Å². The molecule has 0 radical (unpaired) electrons. The molecule has 2 heterocycles. The zero-order valence-corrected chi connectivity index (χ0v) is 18.4. The lowest BCUT2D eigenvalue weighted by Crippen LogP contribution is -2.28. The number of fused-ring (bicyclic) bond motifs is 1. The van der Waals surface area contributed by atoms with Crippen molar-refractivity contribution in [1.29, 1.82) is 0 Å². The Labute approximate surface area is 182 Å². The van der Waals surface area contributed by atoms with E-state index in [1.807, 2.05) is 10.7 Å². The van der Waals surface area contributed by atoms with E-state index in [4.69, 9.17) is 11.6 Å². The molecule has 30 heavy (non-hydrogen) atoms. The molecule has 0 saturated carbocycles. The van der Waals surface area contributed by atoms with Gasteiger partial charge in [0.05, 0.1) is 5.02 Å². The average molecular weight is 433 g/mol. The van der Waals surface area contributed by atoms with Crippen LogP contribution in [0.3, 0.4) is 0 Å². The molecule has 0 atom stereocenters. The van der Waals surface area contributed by atoms with Crippen LogP contribution < -0.4 is 10.6 Å². The third-order valence-corrected chi connectivity index (χ3v) is 5.20. The number of rotatable bonds is 12. The summed E-state index contributed by atoms with van der Waals surface area (Å²) in [6.45, 7) is 9.38. The van der Waals surface area contributed by atoms with Crippen molar-refractivity contribution >= 4 is 28.6 Å². The molecule has 0 bridgehead atoms. The minimum absolute atomic E-state index is 0.0755. The Morgan fingerprint density at radius 2 is 2.00 bits per heavy atom. The highest BCUT2D eigenvalue weighted by atomic mass is 35.5. The molecular weight excluding hydrogens is 403 g/mol. The molecule has 0 aliphatic rings. The fourth-order valence-corrected chi connectivity index (χ4v) is 3.69. The van der Waals surface area contributed by atoms with Crippen molar-refractivity contribution in [3.05, 3.63) is 53.2 Å². The van der Waals surface area contributed by atoms with Crippen LogP contribution in [-0.2, 0) is 6.54 Å². The molecule has 8 heteroatoms. The second kappa shape index (κ2) is 11.2. The van der Waals surface area contributed by atoms with E-state index in [0.29, 0.717) is 11.5 Å². The first-order valence-corrected chi connectivity index (χ1v) is 11.0. The minimum Gasteiger partial charge on any atom is -0.338 e. The summed E-state index contributed by atoms with van der Waals surface area (Å²) < 4.78 is 15.3. The van der Waals surface area contributed by atoms with Crippen LogP contribution in [-0.4, -0.2) is 45.7 Å². The lowest BCUT2D eigenvalue weighted by molar-refractivity contribution is 0.262. The maximum Gasteiger partial charge on any atom is 0.158 e. The van der Waals surface area contributed by atoms with E-state index in [1.54, 1.807) is 12.1 Å². The molecule has 0 spiro atoms. The number of nitrogens with one attached hydrogen (secondary N) is 2. The third kappa shape index (κ3) is 5.90. The van der Waals surface area contributed by atoms with E-state index >= 15 is 0 Å². The van der Waals surface area contributed by atoms with E-state index < -0.39 is 5.82 Å². The fourth-order valence-electron chi connectivity index (χ4n) is 3.50. The minimum atomic E-state index is -0.443. The van der Waals surface area contributed by atoms with Gasteiger partial charge < -0.3 is 10.6 Å². The number of hydrogen-bond acceptors (Lipinski definition) is 5. The molecule has 0 amide bonds. The van der Waals surface area contributed by atoms with Gasteiger partial charge in [-0.05, 0) is 75.3 Å². The SMILES string of the molecule is CCCNCCCN(CCC)Cc1ccn2ncnc(Nc3ccc(F)c(Cl)c3)c12. The Balaban J connectivity index is 1.77. The molecule has 0 aliphatic heterocycles. The topological polar surface area (TPSA) is 57.5 Å². The van der Waals surface area contributed by atoms with Crippen LogP contribution >= 0.6 is 11.6 Å². The number of aromatic nitrogens is 3. The van der Waals surface area contributed by atoms with Crippen molar-refractivity contribution in [3.63, 3.8) is 0 Å². The highest BCUT2D eigenvalue weighted by Crippen LogP contribution is 2.26. The zero-order valence-electron chi connectivity index (χ0n) is 17.7. The summed E-state index contributed by atoms with van der Waals surface area (Å²) in [5.74, 6) is 0.232. The molecule has 162 valence electrons. The first-order valence-electron chi connectivity index (χ1n) is 10.6. The molecule has 3 rings (SSSR count). The smallest absolute Gasteiger partial charge is 0.158 e. The highest BCUT2D eigenvalue weighted by Gasteiger charge is 2.14. The molecule has 2 N–H and O–H groups in total. The van der Waals surface area contributed by atoms with Gasteiger partial charge in [0.2, 0.25) is 0 Å². The first-order chi connectivity index (χ1) is 14.6. The van der Waals surface area contributed by atoms with Gasteiger partial charge in [-0.25, -0.2) is 13.9 Å². The zero-order chi connectivity index (χ0) is 21.3. The van der Waals surface area contributed by atoms with Gasteiger partial charge >= 0.3 is 0 Å². The Bertz CT molecular complexity index is 945. The summed E-state index contributed by atoms with van der Waals surface area (Å²) in [5, 5.41) is 11.1. The second-order valence-electron chi connectivity index (χ2n) is 7.38. The van der Waals surface area contributed by atoms with Crippen molar-refractivity contribution in [1.82, 2.24) is 24.8 Å². The molecule has 1 aromatic carbocycles. The average Bonchev–Trinajstić information content (AvgIpc) is 3.14. The molecular formula is C22H30ClFN6.